The molecule has 2 atom stereocenters. The molecule has 3 aromatic carbocycles. The molecule has 4 aromatic rings. The van der Waals surface area contributed by atoms with Crippen molar-refractivity contribution in [3.05, 3.63) is 83.3 Å². The SMILES string of the molecule is COc1c(C)cc([C@@H](Oc2ccc3c(cnn3-c3ccc(F)cc3)c2)[C@H](C)NC(=O)C(C)(F)F)cc1C. The first kappa shape index (κ1) is 26.1. The van der Waals surface area contributed by atoms with Gasteiger partial charge < -0.3 is 14.8 Å². The van der Waals surface area contributed by atoms with Crippen LogP contribution in [0.15, 0.2) is 60.8 Å². The van der Waals surface area contributed by atoms with Crippen molar-refractivity contribution < 1.29 is 27.4 Å². The Labute approximate surface area is 213 Å². The van der Waals surface area contributed by atoms with E-state index in [0.717, 1.165) is 22.0 Å². The maximum atomic E-state index is 13.6. The number of ether oxygens (including phenoxy) is 2. The molecule has 6 nitrogen and oxygen atoms in total. The lowest BCUT2D eigenvalue weighted by Gasteiger charge is -2.28. The van der Waals surface area contributed by atoms with Crippen molar-refractivity contribution in [1.29, 1.82) is 0 Å². The van der Waals surface area contributed by atoms with Crippen LogP contribution in [0.4, 0.5) is 13.2 Å². The van der Waals surface area contributed by atoms with Gasteiger partial charge in [0.2, 0.25) is 0 Å². The van der Waals surface area contributed by atoms with Crippen LogP contribution < -0.4 is 14.8 Å². The second kappa shape index (κ2) is 10.2. The van der Waals surface area contributed by atoms with Crippen molar-refractivity contribution in [2.45, 2.75) is 45.8 Å². The lowest BCUT2D eigenvalue weighted by Crippen LogP contribution is -2.46. The van der Waals surface area contributed by atoms with Crippen LogP contribution in [0.3, 0.4) is 0 Å². The molecule has 0 spiro atoms. The molecule has 1 aromatic heterocycles. The molecule has 194 valence electrons. The molecule has 0 saturated carbocycles. The molecule has 1 heterocycles. The summed E-state index contributed by atoms with van der Waals surface area (Å²) >= 11 is 0. The zero-order chi connectivity index (χ0) is 26.9. The van der Waals surface area contributed by atoms with Crippen LogP contribution in [-0.4, -0.2) is 34.8 Å². The molecule has 1 N–H and O–H groups in total. The third-order valence-electron chi connectivity index (χ3n) is 6.10. The van der Waals surface area contributed by atoms with Crippen LogP contribution in [0.2, 0.25) is 0 Å². The number of benzene rings is 3. The predicted molar refractivity (Wildman–Crippen MR) is 135 cm³/mol. The standard InChI is InChI=1S/C28H28F3N3O3/c1-16-12-19(13-17(2)25(16)36-5)26(18(3)33-27(35)28(4,30)31)37-23-10-11-24-20(14-23)15-32-34(24)22-8-6-21(29)7-9-22/h6-15,18,26H,1-5H3,(H,33,35)/t18-,26-/m0/s1. The Bertz CT molecular complexity index is 1410. The Morgan fingerprint density at radius 3 is 2.30 bits per heavy atom. The number of hydrogen-bond donors (Lipinski definition) is 1. The number of rotatable bonds is 8. The van der Waals surface area contributed by atoms with Gasteiger partial charge in [-0.25, -0.2) is 9.07 Å². The molecule has 0 unspecified atom stereocenters. The number of hydrogen-bond acceptors (Lipinski definition) is 4. The molecule has 1 amide bonds. The molecule has 0 aliphatic carbocycles. The topological polar surface area (TPSA) is 65.4 Å². The van der Waals surface area contributed by atoms with Crippen molar-refractivity contribution in [2.24, 2.45) is 0 Å². The maximum Gasteiger partial charge on any atom is 0.321 e. The molecule has 0 aliphatic heterocycles. The van der Waals surface area contributed by atoms with Crippen molar-refractivity contribution in [3.63, 3.8) is 0 Å². The molecule has 37 heavy (non-hydrogen) atoms. The molecule has 0 fully saturated rings. The molecule has 0 radical (unpaired) electrons. The second-order valence-electron chi connectivity index (χ2n) is 9.13. The van der Waals surface area contributed by atoms with Crippen molar-refractivity contribution in [2.75, 3.05) is 7.11 Å². The van der Waals surface area contributed by atoms with Gasteiger partial charge in [0, 0.05) is 12.3 Å². The predicted octanol–water partition coefficient (Wildman–Crippen LogP) is 6.07. The minimum Gasteiger partial charge on any atom is -0.496 e. The summed E-state index contributed by atoms with van der Waals surface area (Å²) in [6.07, 6.45) is 0.879. The summed E-state index contributed by atoms with van der Waals surface area (Å²) in [7, 11) is 1.58. The Kier molecular flexibility index (Phi) is 7.16. The van der Waals surface area contributed by atoms with Crippen molar-refractivity contribution in [3.8, 4) is 17.2 Å². The summed E-state index contributed by atoms with van der Waals surface area (Å²) in [4.78, 5) is 12.1. The van der Waals surface area contributed by atoms with Gasteiger partial charge in [-0.3, -0.25) is 4.79 Å². The average molecular weight is 512 g/mol. The minimum absolute atomic E-state index is 0.340. The number of nitrogens with one attached hydrogen (secondary N) is 1. The zero-order valence-electron chi connectivity index (χ0n) is 21.2. The quantitative estimate of drug-likeness (QED) is 0.312. The highest BCUT2D eigenvalue weighted by atomic mass is 19.3. The Morgan fingerprint density at radius 2 is 1.70 bits per heavy atom. The number of methoxy groups -OCH3 is 1. The first-order chi connectivity index (χ1) is 17.5. The van der Waals surface area contributed by atoms with Gasteiger partial charge in [-0.15, -0.1) is 0 Å². The lowest BCUT2D eigenvalue weighted by atomic mass is 9.97. The van der Waals surface area contributed by atoms with E-state index < -0.39 is 24.0 Å². The van der Waals surface area contributed by atoms with E-state index in [1.807, 2.05) is 32.0 Å². The third-order valence-corrected chi connectivity index (χ3v) is 6.10. The highest BCUT2D eigenvalue weighted by Gasteiger charge is 2.35. The van der Waals surface area contributed by atoms with E-state index in [0.29, 0.717) is 29.7 Å². The highest BCUT2D eigenvalue weighted by Crippen LogP contribution is 2.33. The summed E-state index contributed by atoms with van der Waals surface area (Å²) < 4.78 is 54.1. The molecule has 0 saturated heterocycles. The largest absolute Gasteiger partial charge is 0.496 e. The van der Waals surface area contributed by atoms with Crippen LogP contribution >= 0.6 is 0 Å². The first-order valence-electron chi connectivity index (χ1n) is 11.7. The fourth-order valence-electron chi connectivity index (χ4n) is 4.36. The van der Waals surface area contributed by atoms with Gasteiger partial charge in [0.25, 0.3) is 5.91 Å². The fraction of sp³-hybridized carbons (Fsp3) is 0.286. The van der Waals surface area contributed by atoms with Gasteiger partial charge >= 0.3 is 5.92 Å². The second-order valence-corrected chi connectivity index (χ2v) is 9.13. The van der Waals surface area contributed by atoms with Crippen LogP contribution in [0.1, 0.15) is 36.6 Å². The van der Waals surface area contributed by atoms with E-state index in [4.69, 9.17) is 9.47 Å². The number of amides is 1. The van der Waals surface area contributed by atoms with Gasteiger partial charge in [0.1, 0.15) is 23.4 Å². The summed E-state index contributed by atoms with van der Waals surface area (Å²) in [6, 6.07) is 14.2. The molecular weight excluding hydrogens is 483 g/mol. The Morgan fingerprint density at radius 1 is 1.05 bits per heavy atom. The molecule has 4 rings (SSSR count). The fourth-order valence-corrected chi connectivity index (χ4v) is 4.36. The van der Waals surface area contributed by atoms with Crippen molar-refractivity contribution >= 4 is 16.8 Å². The lowest BCUT2D eigenvalue weighted by molar-refractivity contribution is -0.144. The number of alkyl halides is 2. The summed E-state index contributed by atoms with van der Waals surface area (Å²) in [5, 5.41) is 7.55. The van der Waals surface area contributed by atoms with Gasteiger partial charge in [0.05, 0.1) is 30.6 Å². The molecule has 0 bridgehead atoms. The van der Waals surface area contributed by atoms with Crippen LogP contribution in [-0.2, 0) is 4.79 Å². The Hall–Kier alpha value is -4.01. The monoisotopic (exact) mass is 511 g/mol. The molecule has 0 aliphatic rings. The normalized spacial score (nSPS) is 13.3. The van der Waals surface area contributed by atoms with Crippen molar-refractivity contribution in [1.82, 2.24) is 15.1 Å². The van der Waals surface area contributed by atoms with Gasteiger partial charge in [-0.1, -0.05) is 0 Å². The number of aryl methyl sites for hydroxylation is 2. The van der Waals surface area contributed by atoms with E-state index in [1.54, 1.807) is 49.2 Å². The number of carbonyl (C=O) groups is 1. The Balaban J connectivity index is 1.69. The van der Waals surface area contributed by atoms with E-state index in [2.05, 4.69) is 10.4 Å². The van der Waals surface area contributed by atoms with E-state index in [1.165, 1.54) is 12.1 Å². The van der Waals surface area contributed by atoms with E-state index >= 15 is 0 Å². The number of fused-ring (bicyclic) bond motifs is 1. The first-order valence-corrected chi connectivity index (χ1v) is 11.7. The van der Waals surface area contributed by atoms with Gasteiger partial charge in [0.15, 0.2) is 0 Å². The molecule has 9 heteroatoms. The smallest absolute Gasteiger partial charge is 0.321 e. The van der Waals surface area contributed by atoms with Gasteiger partial charge in [-0.2, -0.15) is 13.9 Å². The number of nitrogens with zero attached hydrogens (tertiary/aromatic N) is 2. The zero-order valence-corrected chi connectivity index (χ0v) is 21.2. The van der Waals surface area contributed by atoms with Gasteiger partial charge in [-0.05, 0) is 92.1 Å². The number of carbonyl (C=O) groups excluding carboxylic acids is 1. The van der Waals surface area contributed by atoms with Crippen LogP contribution in [0, 0.1) is 19.7 Å². The minimum atomic E-state index is -3.53. The number of aromatic nitrogens is 2. The number of halogens is 3. The third kappa shape index (κ3) is 5.55. The summed E-state index contributed by atoms with van der Waals surface area (Å²) in [6.45, 7) is 5.94. The van der Waals surface area contributed by atoms with E-state index in [-0.39, 0.29) is 5.82 Å². The summed E-state index contributed by atoms with van der Waals surface area (Å²) in [5.74, 6) is -4.07. The van der Waals surface area contributed by atoms with E-state index in [9.17, 15) is 18.0 Å². The maximum absolute atomic E-state index is 13.6. The van der Waals surface area contributed by atoms with Crippen LogP contribution in [0.25, 0.3) is 16.6 Å². The highest BCUT2D eigenvalue weighted by molar-refractivity contribution is 5.83. The summed E-state index contributed by atoms with van der Waals surface area (Å²) in [5.41, 5.74) is 3.87. The molecular formula is C28H28F3N3O3. The van der Waals surface area contributed by atoms with Crippen LogP contribution in [0.5, 0.6) is 11.5 Å². The average Bonchev–Trinajstić information content (AvgIpc) is 3.25.